The first kappa shape index (κ1) is 15.2. The molecule has 1 atom stereocenters. The van der Waals surface area contributed by atoms with Crippen LogP contribution in [-0.4, -0.2) is 36.3 Å². The lowest BCUT2D eigenvalue weighted by Gasteiger charge is -2.22. The molecule has 2 heterocycles. The summed E-state index contributed by atoms with van der Waals surface area (Å²) in [4.78, 5) is 12.3. The van der Waals surface area contributed by atoms with Crippen LogP contribution in [0.2, 0.25) is 0 Å². The largest absolute Gasteiger partial charge is 0.366 e. The Morgan fingerprint density at radius 3 is 2.88 bits per heavy atom. The molecule has 0 saturated carbocycles. The molecule has 0 spiro atoms. The summed E-state index contributed by atoms with van der Waals surface area (Å²) in [5.74, 6) is -0.0965. The molecule has 1 unspecified atom stereocenters. The topological polar surface area (TPSA) is 55.3 Å². The van der Waals surface area contributed by atoms with Gasteiger partial charge in [-0.25, -0.2) is 0 Å². The third kappa shape index (κ3) is 2.56. The van der Waals surface area contributed by atoms with Gasteiger partial charge in [0.05, 0.1) is 6.61 Å². The molecule has 1 aliphatic rings. The predicted molar refractivity (Wildman–Crippen MR) is 96.4 cm³/mol. The smallest absolute Gasteiger partial charge is 0.254 e. The molecule has 0 bridgehead atoms. The fourth-order valence-corrected chi connectivity index (χ4v) is 3.43. The number of nitrogens with zero attached hydrogens (tertiary/aromatic N) is 1. The number of carbonyl (C=O) groups is 1. The zero-order valence-electron chi connectivity index (χ0n) is 13.7. The number of hydrogen-bond donors (Lipinski definition) is 2. The van der Waals surface area contributed by atoms with Crippen molar-refractivity contribution in [1.29, 1.82) is 0 Å². The monoisotopic (exact) mass is 323 g/mol. The maximum absolute atomic E-state index is 12.3. The Morgan fingerprint density at radius 2 is 2.08 bits per heavy atom. The van der Waals surface area contributed by atoms with E-state index < -0.39 is 6.10 Å². The Hall–Kier alpha value is -2.37. The third-order valence-electron chi connectivity index (χ3n) is 4.58. The van der Waals surface area contributed by atoms with Gasteiger partial charge in [0.25, 0.3) is 5.91 Å². The Morgan fingerprint density at radius 1 is 1.25 bits per heavy atom. The van der Waals surface area contributed by atoms with Crippen LogP contribution >= 0.6 is 0 Å². The molecule has 0 aliphatic carbocycles. The van der Waals surface area contributed by atoms with E-state index >= 15 is 0 Å². The fraction of sp³-hybridized carbons (Fsp3) is 0.316. The van der Waals surface area contributed by atoms with Crippen LogP contribution < -0.4 is 10.6 Å². The highest BCUT2D eigenvalue weighted by molar-refractivity contribution is 6.10. The molecule has 124 valence electrons. The summed E-state index contributed by atoms with van der Waals surface area (Å²) in [6.07, 6.45) is -0.425. The van der Waals surface area contributed by atoms with E-state index in [1.165, 1.54) is 16.4 Å². The van der Waals surface area contributed by atoms with Crippen LogP contribution in [0.25, 0.3) is 21.8 Å². The van der Waals surface area contributed by atoms with Gasteiger partial charge in [0.2, 0.25) is 0 Å². The summed E-state index contributed by atoms with van der Waals surface area (Å²) in [6, 6.07) is 14.5. The molecule has 24 heavy (non-hydrogen) atoms. The molecule has 5 nitrogen and oxygen atoms in total. The molecule has 2 N–H and O–H groups in total. The predicted octanol–water partition coefficient (Wildman–Crippen LogP) is 2.74. The van der Waals surface area contributed by atoms with Crippen molar-refractivity contribution < 1.29 is 9.53 Å². The molecule has 1 fully saturated rings. The molecule has 5 heteroatoms. The van der Waals surface area contributed by atoms with Crippen molar-refractivity contribution in [2.75, 3.05) is 25.0 Å². The summed E-state index contributed by atoms with van der Waals surface area (Å²) in [5, 5.41) is 8.53. The number of fused-ring (bicyclic) bond motifs is 3. The molecule has 1 amide bonds. The van der Waals surface area contributed by atoms with Gasteiger partial charge < -0.3 is 19.9 Å². The number of aromatic nitrogens is 1. The van der Waals surface area contributed by atoms with Gasteiger partial charge in [0, 0.05) is 47.1 Å². The van der Waals surface area contributed by atoms with Crippen molar-refractivity contribution in [2.45, 2.75) is 19.6 Å². The van der Waals surface area contributed by atoms with E-state index in [-0.39, 0.29) is 5.91 Å². The van der Waals surface area contributed by atoms with Crippen molar-refractivity contribution in [3.63, 3.8) is 0 Å². The summed E-state index contributed by atoms with van der Waals surface area (Å²) >= 11 is 0. The van der Waals surface area contributed by atoms with Crippen LogP contribution in [0.3, 0.4) is 0 Å². The first-order chi connectivity index (χ1) is 11.8. The lowest BCUT2D eigenvalue weighted by atomic mass is 10.1. The van der Waals surface area contributed by atoms with Crippen molar-refractivity contribution in [3.8, 4) is 0 Å². The van der Waals surface area contributed by atoms with Gasteiger partial charge in [-0.2, -0.15) is 0 Å². The van der Waals surface area contributed by atoms with Crippen LogP contribution in [0.5, 0.6) is 0 Å². The van der Waals surface area contributed by atoms with Crippen molar-refractivity contribution >= 4 is 33.4 Å². The molecule has 1 aliphatic heterocycles. The first-order valence-electron chi connectivity index (χ1n) is 8.42. The average molecular weight is 323 g/mol. The summed E-state index contributed by atoms with van der Waals surface area (Å²) in [5.41, 5.74) is 3.21. The zero-order chi connectivity index (χ0) is 16.5. The maximum atomic E-state index is 12.3. The summed E-state index contributed by atoms with van der Waals surface area (Å²) < 4.78 is 7.81. The molecule has 4 rings (SSSR count). The van der Waals surface area contributed by atoms with Gasteiger partial charge in [-0.1, -0.05) is 18.2 Å². The van der Waals surface area contributed by atoms with Gasteiger partial charge in [-0.05, 0) is 31.2 Å². The van der Waals surface area contributed by atoms with Gasteiger partial charge >= 0.3 is 0 Å². The Kier molecular flexibility index (Phi) is 3.96. The summed E-state index contributed by atoms with van der Waals surface area (Å²) in [6.45, 7) is 4.99. The number of para-hydroxylation sites is 1. The highest BCUT2D eigenvalue weighted by atomic mass is 16.5. The minimum atomic E-state index is -0.425. The number of nitrogens with one attached hydrogen (secondary N) is 2. The quantitative estimate of drug-likeness (QED) is 0.779. The molecular formula is C19H21N3O2. The molecule has 0 radical (unpaired) electrons. The maximum Gasteiger partial charge on any atom is 0.254 e. The fourth-order valence-electron chi connectivity index (χ4n) is 3.43. The Bertz CT molecular complexity index is 894. The highest BCUT2D eigenvalue weighted by Gasteiger charge is 2.22. The van der Waals surface area contributed by atoms with E-state index in [2.05, 4.69) is 58.5 Å². The third-order valence-corrected chi connectivity index (χ3v) is 4.58. The summed E-state index contributed by atoms with van der Waals surface area (Å²) in [7, 11) is 0. The zero-order valence-corrected chi connectivity index (χ0v) is 13.7. The molecule has 1 saturated heterocycles. The van der Waals surface area contributed by atoms with Gasteiger partial charge in [0.15, 0.2) is 0 Å². The molecule has 1 aromatic heterocycles. The van der Waals surface area contributed by atoms with Crippen molar-refractivity contribution in [1.82, 2.24) is 9.88 Å². The number of hydrogen-bond acceptors (Lipinski definition) is 3. The van der Waals surface area contributed by atoms with E-state index in [4.69, 9.17) is 4.74 Å². The van der Waals surface area contributed by atoms with Gasteiger partial charge in [-0.15, -0.1) is 0 Å². The van der Waals surface area contributed by atoms with Crippen molar-refractivity contribution in [2.24, 2.45) is 0 Å². The van der Waals surface area contributed by atoms with Crippen LogP contribution in [-0.2, 0) is 16.1 Å². The standard InChI is InChI=1S/C19H21N3O2/c1-2-22-16-6-4-3-5-14(16)15-11-13(7-8-17(15)22)21-19(23)18-12-20-9-10-24-18/h3-8,11,18,20H,2,9-10,12H2,1H3,(H,21,23). The van der Waals surface area contributed by atoms with Crippen LogP contribution in [0.15, 0.2) is 42.5 Å². The number of benzene rings is 2. The van der Waals surface area contributed by atoms with Gasteiger partial charge in [0.1, 0.15) is 6.10 Å². The SMILES string of the molecule is CCn1c2ccccc2c2cc(NC(=O)C3CNCCO3)ccc21. The number of rotatable bonds is 3. The second kappa shape index (κ2) is 6.26. The van der Waals surface area contributed by atoms with E-state index in [0.29, 0.717) is 13.2 Å². The highest BCUT2D eigenvalue weighted by Crippen LogP contribution is 2.31. The lowest BCUT2D eigenvalue weighted by Crippen LogP contribution is -2.45. The number of ether oxygens (including phenoxy) is 1. The average Bonchev–Trinajstić information content (AvgIpc) is 2.95. The number of aryl methyl sites for hydroxylation is 1. The lowest BCUT2D eigenvalue weighted by molar-refractivity contribution is -0.128. The number of anilines is 1. The second-order valence-electron chi connectivity index (χ2n) is 6.05. The van der Waals surface area contributed by atoms with Crippen LogP contribution in [0.1, 0.15) is 6.92 Å². The Labute approximate surface area is 140 Å². The second-order valence-corrected chi connectivity index (χ2v) is 6.05. The molecule has 3 aromatic rings. The normalized spacial score (nSPS) is 18.1. The first-order valence-corrected chi connectivity index (χ1v) is 8.42. The van der Waals surface area contributed by atoms with E-state index in [1.807, 2.05) is 6.07 Å². The van der Waals surface area contributed by atoms with Crippen LogP contribution in [0.4, 0.5) is 5.69 Å². The van der Waals surface area contributed by atoms with E-state index in [9.17, 15) is 4.79 Å². The number of carbonyl (C=O) groups excluding carboxylic acids is 1. The van der Waals surface area contributed by atoms with Gasteiger partial charge in [-0.3, -0.25) is 4.79 Å². The van der Waals surface area contributed by atoms with Crippen LogP contribution in [0, 0.1) is 0 Å². The Balaban J connectivity index is 1.70. The van der Waals surface area contributed by atoms with Crippen molar-refractivity contribution in [3.05, 3.63) is 42.5 Å². The molecule has 2 aromatic carbocycles. The minimum absolute atomic E-state index is 0.0965. The molecular weight excluding hydrogens is 302 g/mol. The number of amides is 1. The minimum Gasteiger partial charge on any atom is -0.366 e. The van der Waals surface area contributed by atoms with E-state index in [1.54, 1.807) is 0 Å². The number of morpholine rings is 1. The van der Waals surface area contributed by atoms with E-state index in [0.717, 1.165) is 24.2 Å².